The number of rotatable bonds is 7. The van der Waals surface area contributed by atoms with Gasteiger partial charge in [-0.1, -0.05) is 0 Å². The van der Waals surface area contributed by atoms with Crippen LogP contribution in [0, 0.1) is 11.6 Å². The molecule has 0 saturated heterocycles. The van der Waals surface area contributed by atoms with E-state index in [-0.39, 0.29) is 12.1 Å². The number of aromatic nitrogens is 1. The summed E-state index contributed by atoms with van der Waals surface area (Å²) in [5.41, 5.74) is 1.26. The Balaban J connectivity index is 1.59. The van der Waals surface area contributed by atoms with Gasteiger partial charge >= 0.3 is 0 Å². The molecule has 1 aromatic heterocycles. The number of anilines is 1. The van der Waals surface area contributed by atoms with Crippen molar-refractivity contribution < 1.29 is 23.1 Å². The Bertz CT molecular complexity index is 1020. The number of nitrogens with zero attached hydrogens (tertiary/aromatic N) is 1. The highest BCUT2D eigenvalue weighted by Gasteiger charge is 2.14. The van der Waals surface area contributed by atoms with Crippen LogP contribution in [0.2, 0.25) is 0 Å². The maximum Gasteiger partial charge on any atom is 0.254 e. The molecule has 28 heavy (non-hydrogen) atoms. The highest BCUT2D eigenvalue weighted by Crippen LogP contribution is 2.20. The predicted octanol–water partition coefficient (Wildman–Crippen LogP) is 2.93. The van der Waals surface area contributed by atoms with Gasteiger partial charge in [-0.3, -0.25) is 9.59 Å². The summed E-state index contributed by atoms with van der Waals surface area (Å²) in [4.78, 5) is 24.0. The zero-order valence-corrected chi connectivity index (χ0v) is 15.2. The van der Waals surface area contributed by atoms with E-state index >= 15 is 0 Å². The van der Waals surface area contributed by atoms with Gasteiger partial charge in [0, 0.05) is 42.5 Å². The van der Waals surface area contributed by atoms with Gasteiger partial charge in [0.2, 0.25) is 5.91 Å². The molecule has 1 heterocycles. The first-order valence-electron chi connectivity index (χ1n) is 8.59. The number of carbonyl (C=O) groups excluding carboxylic acids is 2. The molecule has 0 aliphatic carbocycles. The molecular weight excluding hydrogens is 368 g/mol. The van der Waals surface area contributed by atoms with Crippen molar-refractivity contribution in [1.82, 2.24) is 9.88 Å². The minimum Gasteiger partial charge on any atom is -0.383 e. The van der Waals surface area contributed by atoms with E-state index in [1.165, 1.54) is 0 Å². The lowest BCUT2D eigenvalue weighted by Crippen LogP contribution is -2.33. The zero-order valence-electron chi connectivity index (χ0n) is 15.2. The number of benzene rings is 2. The molecule has 8 heteroatoms. The number of nitrogens with one attached hydrogen (secondary N) is 2. The molecule has 2 N–H and O–H groups in total. The van der Waals surface area contributed by atoms with Crippen molar-refractivity contribution in [3.05, 3.63) is 65.9 Å². The Morgan fingerprint density at radius 2 is 1.93 bits per heavy atom. The molecule has 0 saturated carbocycles. The van der Waals surface area contributed by atoms with Crippen LogP contribution in [-0.4, -0.2) is 36.6 Å². The van der Waals surface area contributed by atoms with Crippen molar-refractivity contribution >= 4 is 28.4 Å². The standard InChI is InChI=1S/C20H19F2N3O3/c1-28-9-8-25-7-6-13-10-15(3-5-18(13)25)24-19(26)12-23-20(27)16-4-2-14(21)11-17(16)22/h2-7,10-11H,8-9,12H2,1H3,(H,23,27)(H,24,26). The SMILES string of the molecule is COCCn1ccc2cc(NC(=O)CNC(=O)c3ccc(F)cc3F)ccc21. The zero-order chi connectivity index (χ0) is 20.1. The minimum absolute atomic E-state index is 0.326. The van der Waals surface area contributed by atoms with Gasteiger partial charge in [0.1, 0.15) is 11.6 Å². The summed E-state index contributed by atoms with van der Waals surface area (Å²) in [5.74, 6) is -3.02. The highest BCUT2D eigenvalue weighted by molar-refractivity contribution is 6.00. The molecule has 0 unspecified atom stereocenters. The number of halogens is 2. The van der Waals surface area contributed by atoms with E-state index in [2.05, 4.69) is 10.6 Å². The molecule has 3 aromatic rings. The van der Waals surface area contributed by atoms with Crippen molar-refractivity contribution in [2.45, 2.75) is 6.54 Å². The molecule has 0 fully saturated rings. The lowest BCUT2D eigenvalue weighted by Gasteiger charge is -2.09. The molecule has 0 radical (unpaired) electrons. The third-order valence-electron chi connectivity index (χ3n) is 4.18. The normalized spacial score (nSPS) is 10.8. The van der Waals surface area contributed by atoms with Gasteiger partial charge in [-0.05, 0) is 36.4 Å². The van der Waals surface area contributed by atoms with Gasteiger partial charge in [-0.25, -0.2) is 8.78 Å². The molecule has 0 spiro atoms. The Morgan fingerprint density at radius 3 is 2.68 bits per heavy atom. The highest BCUT2D eigenvalue weighted by atomic mass is 19.1. The van der Waals surface area contributed by atoms with Gasteiger partial charge in [0.25, 0.3) is 5.91 Å². The minimum atomic E-state index is -0.985. The summed E-state index contributed by atoms with van der Waals surface area (Å²) in [6.07, 6.45) is 1.94. The van der Waals surface area contributed by atoms with Crippen LogP contribution in [0.4, 0.5) is 14.5 Å². The second-order valence-electron chi connectivity index (χ2n) is 6.13. The van der Waals surface area contributed by atoms with Crippen LogP contribution in [0.3, 0.4) is 0 Å². The van der Waals surface area contributed by atoms with Crippen LogP contribution in [0.25, 0.3) is 10.9 Å². The fraction of sp³-hybridized carbons (Fsp3) is 0.200. The molecule has 2 aromatic carbocycles. The van der Waals surface area contributed by atoms with Crippen LogP contribution in [0.1, 0.15) is 10.4 Å². The summed E-state index contributed by atoms with van der Waals surface area (Å²) < 4.78 is 33.6. The molecule has 146 valence electrons. The summed E-state index contributed by atoms with van der Waals surface area (Å²) >= 11 is 0. The first-order valence-corrected chi connectivity index (χ1v) is 8.59. The van der Waals surface area contributed by atoms with E-state index < -0.39 is 23.4 Å². The summed E-state index contributed by atoms with van der Waals surface area (Å²) in [5, 5.41) is 5.94. The quantitative estimate of drug-likeness (QED) is 0.655. The first-order chi connectivity index (χ1) is 13.5. The van der Waals surface area contributed by atoms with Crippen LogP contribution in [-0.2, 0) is 16.1 Å². The van der Waals surface area contributed by atoms with E-state index in [1.807, 2.05) is 29.0 Å². The van der Waals surface area contributed by atoms with Gasteiger partial charge in [0.05, 0.1) is 18.7 Å². The Hall–Kier alpha value is -3.26. The van der Waals surface area contributed by atoms with Gasteiger partial charge in [-0.15, -0.1) is 0 Å². The molecular formula is C20H19F2N3O3. The van der Waals surface area contributed by atoms with Crippen LogP contribution in [0.15, 0.2) is 48.7 Å². The van der Waals surface area contributed by atoms with Crippen molar-refractivity contribution in [2.24, 2.45) is 0 Å². The van der Waals surface area contributed by atoms with Gasteiger partial charge < -0.3 is 19.9 Å². The number of methoxy groups -OCH3 is 1. The van der Waals surface area contributed by atoms with Crippen molar-refractivity contribution in [1.29, 1.82) is 0 Å². The first kappa shape index (κ1) is 19.5. The molecule has 0 atom stereocenters. The number of amides is 2. The topological polar surface area (TPSA) is 72.4 Å². The van der Waals surface area contributed by atoms with Crippen molar-refractivity contribution in [2.75, 3.05) is 25.6 Å². The largest absolute Gasteiger partial charge is 0.383 e. The third-order valence-corrected chi connectivity index (χ3v) is 4.18. The average molecular weight is 387 g/mol. The Morgan fingerprint density at radius 1 is 1.11 bits per heavy atom. The second kappa shape index (κ2) is 8.62. The number of carbonyl (C=O) groups is 2. The van der Waals surface area contributed by atoms with E-state index in [1.54, 1.807) is 13.2 Å². The maximum atomic E-state index is 13.6. The van der Waals surface area contributed by atoms with Crippen molar-refractivity contribution in [3.8, 4) is 0 Å². The smallest absolute Gasteiger partial charge is 0.254 e. The Kier molecular flexibility index (Phi) is 6.00. The molecule has 2 amide bonds. The number of hydrogen-bond acceptors (Lipinski definition) is 3. The van der Waals surface area contributed by atoms with Crippen LogP contribution in [0.5, 0.6) is 0 Å². The predicted molar refractivity (Wildman–Crippen MR) is 101 cm³/mol. The summed E-state index contributed by atoms with van der Waals surface area (Å²) in [6.45, 7) is 0.969. The monoisotopic (exact) mass is 387 g/mol. The molecule has 0 bridgehead atoms. The number of hydrogen-bond donors (Lipinski definition) is 2. The molecule has 0 aliphatic heterocycles. The molecule has 3 rings (SSSR count). The van der Waals surface area contributed by atoms with E-state index in [9.17, 15) is 18.4 Å². The number of fused-ring (bicyclic) bond motifs is 1. The van der Waals surface area contributed by atoms with Crippen LogP contribution < -0.4 is 10.6 Å². The van der Waals surface area contributed by atoms with Gasteiger partial charge in [0.15, 0.2) is 0 Å². The van der Waals surface area contributed by atoms with Crippen LogP contribution >= 0.6 is 0 Å². The summed E-state index contributed by atoms with van der Waals surface area (Å²) in [7, 11) is 1.64. The molecule has 0 aliphatic rings. The fourth-order valence-electron chi connectivity index (χ4n) is 2.80. The van der Waals surface area contributed by atoms with Crippen molar-refractivity contribution in [3.63, 3.8) is 0 Å². The van der Waals surface area contributed by atoms with E-state index in [0.29, 0.717) is 18.4 Å². The lowest BCUT2D eigenvalue weighted by atomic mass is 10.2. The summed E-state index contributed by atoms with van der Waals surface area (Å²) in [6, 6.07) is 10.0. The lowest BCUT2D eigenvalue weighted by molar-refractivity contribution is -0.115. The van der Waals surface area contributed by atoms with E-state index in [0.717, 1.165) is 29.6 Å². The Labute approximate surface area is 160 Å². The maximum absolute atomic E-state index is 13.6. The second-order valence-corrected chi connectivity index (χ2v) is 6.13. The van der Waals surface area contributed by atoms with E-state index in [4.69, 9.17) is 4.74 Å². The van der Waals surface area contributed by atoms with Gasteiger partial charge in [-0.2, -0.15) is 0 Å². The molecule has 6 nitrogen and oxygen atoms in total. The third kappa shape index (κ3) is 4.52. The fourth-order valence-corrected chi connectivity index (χ4v) is 2.80. The average Bonchev–Trinajstić information content (AvgIpc) is 3.06. The number of ether oxygens (including phenoxy) is 1.